The van der Waals surface area contributed by atoms with E-state index in [2.05, 4.69) is 20.2 Å². The van der Waals surface area contributed by atoms with Crippen LogP contribution < -0.4 is 10.0 Å². The molecule has 2 rings (SSSR count). The first-order chi connectivity index (χ1) is 9.94. The third kappa shape index (κ3) is 3.62. The van der Waals surface area contributed by atoms with Crippen molar-refractivity contribution < 1.29 is 8.42 Å². The van der Waals surface area contributed by atoms with Crippen LogP contribution >= 0.6 is 0 Å². The van der Waals surface area contributed by atoms with Gasteiger partial charge in [0.25, 0.3) is 10.0 Å². The zero-order valence-electron chi connectivity index (χ0n) is 12.4. The number of hydrogen-bond acceptors (Lipinski definition) is 4. The maximum atomic E-state index is 12.4. The Hall–Kier alpha value is -1.86. The van der Waals surface area contributed by atoms with Crippen LogP contribution in [0.1, 0.15) is 23.6 Å². The van der Waals surface area contributed by atoms with Gasteiger partial charge in [-0.25, -0.2) is 0 Å². The molecule has 0 amide bonds. The first-order valence-corrected chi connectivity index (χ1v) is 8.25. The predicted molar refractivity (Wildman–Crippen MR) is 82.7 cm³/mol. The lowest BCUT2D eigenvalue weighted by Gasteiger charge is -2.10. The fourth-order valence-electron chi connectivity index (χ4n) is 1.93. The Kier molecular flexibility index (Phi) is 4.64. The molecule has 3 N–H and O–H groups in total. The molecule has 7 heteroatoms. The van der Waals surface area contributed by atoms with Gasteiger partial charge < -0.3 is 5.32 Å². The number of H-pyrrole nitrogens is 1. The van der Waals surface area contributed by atoms with Gasteiger partial charge in [0.1, 0.15) is 0 Å². The van der Waals surface area contributed by atoms with E-state index in [1.54, 1.807) is 6.07 Å². The first kappa shape index (κ1) is 15.5. The van der Waals surface area contributed by atoms with Gasteiger partial charge in [-0.1, -0.05) is 13.0 Å². The fourth-order valence-corrected chi connectivity index (χ4v) is 3.11. The van der Waals surface area contributed by atoms with Crippen LogP contribution in [0.25, 0.3) is 0 Å². The second-order valence-electron chi connectivity index (χ2n) is 4.91. The average Bonchev–Trinajstić information content (AvgIpc) is 2.89. The molecule has 0 aliphatic carbocycles. The van der Waals surface area contributed by atoms with Crippen molar-refractivity contribution in [2.75, 3.05) is 11.3 Å². The smallest absolute Gasteiger partial charge is 0.279 e. The zero-order chi connectivity index (χ0) is 15.5. The Bertz CT molecular complexity index is 722. The molecule has 1 aromatic heterocycles. The van der Waals surface area contributed by atoms with Crippen LogP contribution in [0.5, 0.6) is 0 Å². The van der Waals surface area contributed by atoms with Crippen molar-refractivity contribution in [3.8, 4) is 0 Å². The minimum Gasteiger partial charge on any atom is -0.313 e. The van der Waals surface area contributed by atoms with Crippen molar-refractivity contribution in [3.63, 3.8) is 0 Å². The molecular formula is C14H20N4O2S. The molecule has 6 nitrogen and oxygen atoms in total. The standard InChI is InChI=1S/C14H20N4O2S/c1-4-15-8-12-9-16-17-14(12)21(19,20)18-13-6-5-10(2)11(3)7-13/h5-7,9,15,18H,4,8H2,1-3H3,(H,16,17). The third-order valence-electron chi connectivity index (χ3n) is 3.27. The summed E-state index contributed by atoms with van der Waals surface area (Å²) < 4.78 is 27.4. The molecule has 21 heavy (non-hydrogen) atoms. The van der Waals surface area contributed by atoms with Gasteiger partial charge in [-0.05, 0) is 43.7 Å². The number of rotatable bonds is 6. The molecule has 0 unspecified atom stereocenters. The molecule has 0 aliphatic heterocycles. The molecule has 1 heterocycles. The van der Waals surface area contributed by atoms with Crippen LogP contribution in [0.2, 0.25) is 0 Å². The highest BCUT2D eigenvalue weighted by atomic mass is 32.2. The molecular weight excluding hydrogens is 288 g/mol. The van der Waals surface area contributed by atoms with Crippen LogP contribution in [0.15, 0.2) is 29.4 Å². The molecule has 0 saturated carbocycles. The minimum absolute atomic E-state index is 0.0988. The van der Waals surface area contributed by atoms with Gasteiger partial charge in [-0.2, -0.15) is 13.5 Å². The number of benzene rings is 1. The van der Waals surface area contributed by atoms with E-state index in [1.165, 1.54) is 6.20 Å². The highest BCUT2D eigenvalue weighted by molar-refractivity contribution is 7.92. The summed E-state index contributed by atoms with van der Waals surface area (Å²) in [7, 11) is -3.67. The molecule has 0 radical (unpaired) electrons. The SMILES string of the molecule is CCNCc1cn[nH]c1S(=O)(=O)Nc1ccc(C)c(C)c1. The van der Waals surface area contributed by atoms with Gasteiger partial charge in [0.15, 0.2) is 5.03 Å². The van der Waals surface area contributed by atoms with E-state index in [0.29, 0.717) is 17.8 Å². The fraction of sp³-hybridized carbons (Fsp3) is 0.357. The predicted octanol–water partition coefficient (Wildman–Crippen LogP) is 1.94. The number of sulfonamides is 1. The van der Waals surface area contributed by atoms with Crippen molar-refractivity contribution in [2.24, 2.45) is 0 Å². The van der Waals surface area contributed by atoms with Gasteiger partial charge in [0, 0.05) is 17.8 Å². The lowest BCUT2D eigenvalue weighted by atomic mass is 10.1. The van der Waals surface area contributed by atoms with E-state index >= 15 is 0 Å². The molecule has 0 aliphatic rings. The Labute approximate surface area is 125 Å². The van der Waals surface area contributed by atoms with Crippen LogP contribution in [-0.4, -0.2) is 25.2 Å². The first-order valence-electron chi connectivity index (χ1n) is 6.77. The summed E-state index contributed by atoms with van der Waals surface area (Å²) in [6.45, 7) is 7.10. The summed E-state index contributed by atoms with van der Waals surface area (Å²) in [4.78, 5) is 0. The Balaban J connectivity index is 2.26. The zero-order valence-corrected chi connectivity index (χ0v) is 13.2. The van der Waals surface area contributed by atoms with E-state index in [1.807, 2.05) is 32.9 Å². The minimum atomic E-state index is -3.67. The van der Waals surface area contributed by atoms with Crippen LogP contribution in [0, 0.1) is 13.8 Å². The van der Waals surface area contributed by atoms with Crippen molar-refractivity contribution in [3.05, 3.63) is 41.1 Å². The van der Waals surface area contributed by atoms with E-state index in [4.69, 9.17) is 0 Å². The van der Waals surface area contributed by atoms with E-state index in [9.17, 15) is 8.42 Å². The van der Waals surface area contributed by atoms with Crippen molar-refractivity contribution in [1.29, 1.82) is 0 Å². The topological polar surface area (TPSA) is 86.9 Å². The second-order valence-corrected chi connectivity index (χ2v) is 6.53. The monoisotopic (exact) mass is 308 g/mol. The van der Waals surface area contributed by atoms with Crippen molar-refractivity contribution >= 4 is 15.7 Å². The maximum Gasteiger partial charge on any atom is 0.279 e. The highest BCUT2D eigenvalue weighted by Crippen LogP contribution is 2.19. The molecule has 0 spiro atoms. The molecule has 1 aromatic carbocycles. The third-order valence-corrected chi connectivity index (χ3v) is 4.67. The Morgan fingerprint density at radius 3 is 2.67 bits per heavy atom. The normalized spacial score (nSPS) is 11.6. The number of aromatic nitrogens is 2. The molecule has 2 aromatic rings. The number of nitrogens with one attached hydrogen (secondary N) is 3. The largest absolute Gasteiger partial charge is 0.313 e. The number of aryl methyl sites for hydroxylation is 2. The van der Waals surface area contributed by atoms with Crippen LogP contribution in [0.4, 0.5) is 5.69 Å². The lowest BCUT2D eigenvalue weighted by molar-refractivity contribution is 0.594. The van der Waals surface area contributed by atoms with Crippen LogP contribution in [0.3, 0.4) is 0 Å². The van der Waals surface area contributed by atoms with Crippen molar-refractivity contribution in [2.45, 2.75) is 32.3 Å². The van der Waals surface area contributed by atoms with Crippen molar-refractivity contribution in [1.82, 2.24) is 15.5 Å². The summed E-state index contributed by atoms with van der Waals surface area (Å²) in [5.74, 6) is 0. The molecule has 0 atom stereocenters. The second kappa shape index (κ2) is 6.28. The Morgan fingerprint density at radius 1 is 1.24 bits per heavy atom. The van der Waals surface area contributed by atoms with Gasteiger partial charge in [-0.3, -0.25) is 9.82 Å². The molecule has 0 bridgehead atoms. The van der Waals surface area contributed by atoms with E-state index < -0.39 is 10.0 Å². The summed E-state index contributed by atoms with van der Waals surface area (Å²) in [5.41, 5.74) is 3.32. The summed E-state index contributed by atoms with van der Waals surface area (Å²) in [6, 6.07) is 5.45. The lowest BCUT2D eigenvalue weighted by Crippen LogP contribution is -2.18. The number of anilines is 1. The molecule has 0 saturated heterocycles. The number of nitrogens with zero attached hydrogens (tertiary/aromatic N) is 1. The number of aromatic amines is 1. The van der Waals surface area contributed by atoms with Gasteiger partial charge in [0.05, 0.1) is 6.20 Å². The van der Waals surface area contributed by atoms with Gasteiger partial charge in [-0.15, -0.1) is 0 Å². The maximum absolute atomic E-state index is 12.4. The van der Waals surface area contributed by atoms with Gasteiger partial charge in [0.2, 0.25) is 0 Å². The molecule has 0 fully saturated rings. The number of hydrogen-bond donors (Lipinski definition) is 3. The highest BCUT2D eigenvalue weighted by Gasteiger charge is 2.20. The summed E-state index contributed by atoms with van der Waals surface area (Å²) in [5, 5.41) is 9.58. The quantitative estimate of drug-likeness (QED) is 0.761. The van der Waals surface area contributed by atoms with Crippen LogP contribution in [-0.2, 0) is 16.6 Å². The van der Waals surface area contributed by atoms with E-state index in [0.717, 1.165) is 17.7 Å². The Morgan fingerprint density at radius 2 is 2.00 bits per heavy atom. The van der Waals surface area contributed by atoms with E-state index in [-0.39, 0.29) is 5.03 Å². The average molecular weight is 308 g/mol. The summed E-state index contributed by atoms with van der Waals surface area (Å²) in [6.07, 6.45) is 1.53. The molecule has 114 valence electrons. The van der Waals surface area contributed by atoms with Gasteiger partial charge >= 0.3 is 0 Å². The summed E-state index contributed by atoms with van der Waals surface area (Å²) >= 11 is 0.